The first-order valence-corrected chi connectivity index (χ1v) is 7.50. The van der Waals surface area contributed by atoms with Crippen molar-refractivity contribution in [2.24, 2.45) is 5.92 Å². The molecule has 0 aromatic heterocycles. The van der Waals surface area contributed by atoms with Crippen molar-refractivity contribution >= 4 is 17.5 Å². The van der Waals surface area contributed by atoms with Crippen molar-refractivity contribution < 1.29 is 14.7 Å². The summed E-state index contributed by atoms with van der Waals surface area (Å²) in [6.07, 6.45) is 3.85. The molecule has 0 spiro atoms. The summed E-state index contributed by atoms with van der Waals surface area (Å²) in [4.78, 5) is 23.7. The quantitative estimate of drug-likeness (QED) is 0.788. The van der Waals surface area contributed by atoms with Crippen LogP contribution in [0.1, 0.15) is 41.6 Å². The maximum absolute atomic E-state index is 12.2. The lowest BCUT2D eigenvalue weighted by Crippen LogP contribution is -2.45. The summed E-state index contributed by atoms with van der Waals surface area (Å²) in [5.74, 6) is 0.294. The topological polar surface area (TPSA) is 78.4 Å². The van der Waals surface area contributed by atoms with E-state index in [0.29, 0.717) is 17.9 Å². The zero-order valence-corrected chi connectivity index (χ0v) is 11.9. The third-order valence-corrected chi connectivity index (χ3v) is 4.32. The van der Waals surface area contributed by atoms with Gasteiger partial charge in [-0.1, -0.05) is 0 Å². The maximum atomic E-state index is 12.2. The van der Waals surface area contributed by atoms with Crippen LogP contribution in [-0.2, 0) is 11.2 Å². The highest BCUT2D eigenvalue weighted by molar-refractivity contribution is 5.97. The van der Waals surface area contributed by atoms with Crippen molar-refractivity contribution in [3.05, 3.63) is 29.3 Å². The van der Waals surface area contributed by atoms with Crippen molar-refractivity contribution in [2.45, 2.75) is 38.1 Å². The predicted octanol–water partition coefficient (Wildman–Crippen LogP) is 1.46. The molecule has 0 saturated heterocycles. The molecule has 1 fully saturated rings. The lowest BCUT2D eigenvalue weighted by atomic mass is 9.81. The van der Waals surface area contributed by atoms with Crippen molar-refractivity contribution in [3.8, 4) is 0 Å². The Morgan fingerprint density at radius 2 is 2.14 bits per heavy atom. The van der Waals surface area contributed by atoms with Gasteiger partial charge < -0.3 is 15.7 Å². The van der Waals surface area contributed by atoms with Gasteiger partial charge in [0.2, 0.25) is 5.91 Å². The lowest BCUT2D eigenvalue weighted by molar-refractivity contribution is -0.116. The highest BCUT2D eigenvalue weighted by atomic mass is 16.3. The summed E-state index contributed by atoms with van der Waals surface area (Å²) in [5.41, 5.74) is 2.48. The van der Waals surface area contributed by atoms with Gasteiger partial charge in [-0.05, 0) is 55.4 Å². The Morgan fingerprint density at radius 3 is 2.90 bits per heavy atom. The zero-order valence-electron chi connectivity index (χ0n) is 11.9. The van der Waals surface area contributed by atoms with Crippen LogP contribution in [0, 0.1) is 5.92 Å². The molecule has 112 valence electrons. The molecular weight excluding hydrogens is 268 g/mol. The molecule has 5 nitrogen and oxygen atoms in total. The van der Waals surface area contributed by atoms with Gasteiger partial charge in [-0.15, -0.1) is 0 Å². The van der Waals surface area contributed by atoms with E-state index in [1.165, 1.54) is 0 Å². The summed E-state index contributed by atoms with van der Waals surface area (Å²) in [7, 11) is 0. The SMILES string of the molecule is O=C1CCCc2cc(C(=O)NC3CC(CO)C3)ccc2N1. The number of rotatable bonds is 3. The van der Waals surface area contributed by atoms with Crippen molar-refractivity contribution in [1.82, 2.24) is 5.32 Å². The second kappa shape index (κ2) is 5.85. The number of fused-ring (bicyclic) bond motifs is 1. The molecule has 0 unspecified atom stereocenters. The number of aliphatic hydroxyl groups is 1. The van der Waals surface area contributed by atoms with Crippen molar-refractivity contribution in [1.29, 1.82) is 0 Å². The molecule has 1 heterocycles. The van der Waals surface area contributed by atoms with E-state index in [2.05, 4.69) is 10.6 Å². The molecule has 3 rings (SSSR count). The molecule has 1 aromatic carbocycles. The van der Waals surface area contributed by atoms with Crippen LogP contribution in [0.25, 0.3) is 0 Å². The number of nitrogens with one attached hydrogen (secondary N) is 2. The fourth-order valence-corrected chi connectivity index (χ4v) is 2.99. The van der Waals surface area contributed by atoms with Crippen LogP contribution in [0.5, 0.6) is 0 Å². The van der Waals surface area contributed by atoms with E-state index in [0.717, 1.165) is 36.9 Å². The van der Waals surface area contributed by atoms with Gasteiger partial charge in [0.15, 0.2) is 0 Å². The third-order valence-electron chi connectivity index (χ3n) is 4.32. The zero-order chi connectivity index (χ0) is 14.8. The number of carbonyl (C=O) groups excluding carboxylic acids is 2. The number of amides is 2. The Bertz CT molecular complexity index is 565. The van der Waals surface area contributed by atoms with Gasteiger partial charge >= 0.3 is 0 Å². The smallest absolute Gasteiger partial charge is 0.251 e. The average Bonchev–Trinajstić information content (AvgIpc) is 2.61. The molecule has 21 heavy (non-hydrogen) atoms. The summed E-state index contributed by atoms with van der Waals surface area (Å²) in [5, 5.41) is 14.8. The molecular formula is C16H20N2O3. The fourth-order valence-electron chi connectivity index (χ4n) is 2.99. The van der Waals surface area contributed by atoms with Crippen LogP contribution in [0.3, 0.4) is 0 Å². The van der Waals surface area contributed by atoms with Crippen LogP contribution < -0.4 is 10.6 Å². The van der Waals surface area contributed by atoms with Gasteiger partial charge in [0.05, 0.1) is 0 Å². The minimum Gasteiger partial charge on any atom is -0.396 e. The van der Waals surface area contributed by atoms with Crippen LogP contribution in [0.15, 0.2) is 18.2 Å². The Morgan fingerprint density at radius 1 is 1.33 bits per heavy atom. The van der Waals surface area contributed by atoms with E-state index >= 15 is 0 Å². The average molecular weight is 288 g/mol. The number of aliphatic hydroxyl groups excluding tert-OH is 1. The lowest BCUT2D eigenvalue weighted by Gasteiger charge is -2.34. The number of benzene rings is 1. The largest absolute Gasteiger partial charge is 0.396 e. The van der Waals surface area contributed by atoms with Gasteiger partial charge in [0, 0.05) is 30.3 Å². The molecule has 1 aromatic rings. The van der Waals surface area contributed by atoms with Gasteiger partial charge in [0.25, 0.3) is 5.91 Å². The summed E-state index contributed by atoms with van der Waals surface area (Å²) in [6.45, 7) is 0.199. The highest BCUT2D eigenvalue weighted by Crippen LogP contribution is 2.27. The van der Waals surface area contributed by atoms with Gasteiger partial charge in [-0.25, -0.2) is 0 Å². The Balaban J connectivity index is 1.67. The Kier molecular flexibility index (Phi) is 3.92. The third kappa shape index (κ3) is 3.08. The number of carbonyl (C=O) groups is 2. The van der Waals surface area contributed by atoms with Crippen LogP contribution >= 0.6 is 0 Å². The highest BCUT2D eigenvalue weighted by Gasteiger charge is 2.29. The molecule has 1 aliphatic carbocycles. The molecule has 0 bridgehead atoms. The Labute approximate surface area is 123 Å². The van der Waals surface area contributed by atoms with Gasteiger partial charge in [-0.2, -0.15) is 0 Å². The van der Waals surface area contributed by atoms with Crippen LogP contribution in [0.4, 0.5) is 5.69 Å². The van der Waals surface area contributed by atoms with Gasteiger partial charge in [-0.3, -0.25) is 9.59 Å². The van der Waals surface area contributed by atoms with Crippen LogP contribution in [-0.4, -0.2) is 29.6 Å². The summed E-state index contributed by atoms with van der Waals surface area (Å²) < 4.78 is 0. The minimum atomic E-state index is -0.0743. The predicted molar refractivity (Wildman–Crippen MR) is 79.1 cm³/mol. The van der Waals surface area contributed by atoms with Crippen molar-refractivity contribution in [2.75, 3.05) is 11.9 Å². The normalized spacial score (nSPS) is 24.3. The van der Waals surface area contributed by atoms with E-state index < -0.39 is 0 Å². The number of hydrogen-bond donors (Lipinski definition) is 3. The first kappa shape index (κ1) is 14.1. The van der Waals surface area contributed by atoms with E-state index in [9.17, 15) is 9.59 Å². The standard InChI is InChI=1S/C16H20N2O3/c19-9-10-6-13(7-10)17-16(21)12-4-5-14-11(8-12)2-1-3-15(20)18-14/h4-5,8,10,13,19H,1-3,6-7,9H2,(H,17,21)(H,18,20). The summed E-state index contributed by atoms with van der Waals surface area (Å²) >= 11 is 0. The molecule has 0 atom stereocenters. The molecule has 2 aliphatic rings. The number of hydrogen-bond acceptors (Lipinski definition) is 3. The molecule has 1 saturated carbocycles. The van der Waals surface area contributed by atoms with E-state index in [-0.39, 0.29) is 24.5 Å². The monoisotopic (exact) mass is 288 g/mol. The number of anilines is 1. The first-order chi connectivity index (χ1) is 10.2. The van der Waals surface area contributed by atoms with Gasteiger partial charge in [0.1, 0.15) is 0 Å². The summed E-state index contributed by atoms with van der Waals surface area (Å²) in [6, 6.07) is 5.61. The molecule has 3 N–H and O–H groups in total. The first-order valence-electron chi connectivity index (χ1n) is 7.50. The van der Waals surface area contributed by atoms with E-state index in [1.807, 2.05) is 12.1 Å². The van der Waals surface area contributed by atoms with Crippen molar-refractivity contribution in [3.63, 3.8) is 0 Å². The minimum absolute atomic E-state index is 0.0375. The van der Waals surface area contributed by atoms with Crippen LogP contribution in [0.2, 0.25) is 0 Å². The molecule has 1 aliphatic heterocycles. The maximum Gasteiger partial charge on any atom is 0.251 e. The second-order valence-electron chi connectivity index (χ2n) is 5.96. The van der Waals surface area contributed by atoms with E-state index in [4.69, 9.17) is 5.11 Å². The number of aryl methyl sites for hydroxylation is 1. The molecule has 0 radical (unpaired) electrons. The molecule has 5 heteroatoms. The van der Waals surface area contributed by atoms with E-state index in [1.54, 1.807) is 6.07 Å². The second-order valence-corrected chi connectivity index (χ2v) is 5.96. The Hall–Kier alpha value is -1.88. The molecule has 2 amide bonds. The fraction of sp³-hybridized carbons (Fsp3) is 0.500.